The Hall–Kier alpha value is -12.7. The average Bonchev–Trinajstić information content (AvgIpc) is 1.58. The van der Waals surface area contributed by atoms with Gasteiger partial charge in [0.05, 0.1) is 64.9 Å². The van der Waals surface area contributed by atoms with E-state index in [4.69, 9.17) is 52.4 Å². The predicted molar refractivity (Wildman–Crippen MR) is 435 cm³/mol. The molecule has 2 spiro atoms. The van der Waals surface area contributed by atoms with Crippen molar-refractivity contribution < 1.29 is 66.5 Å². The number of amides is 3. The fourth-order valence-corrected chi connectivity index (χ4v) is 15.7. The zero-order chi connectivity index (χ0) is 80.0. The van der Waals surface area contributed by atoms with Gasteiger partial charge in [-0.2, -0.15) is 0 Å². The van der Waals surface area contributed by atoms with E-state index >= 15 is 0 Å². The van der Waals surface area contributed by atoms with Gasteiger partial charge in [-0.15, -0.1) is 0 Å². The van der Waals surface area contributed by atoms with Gasteiger partial charge >= 0.3 is 0 Å². The SMILES string of the molecule is C=CCOc1ccccc1/C=C1\N=C(C)[C@@H]2CO[C@H](c3ccccc3)N2C1=O.C=CCOc1ccccc1C=O.C=CCOc1ccccc1Cc1nc(OC)c2n(c1=O)[C@@H](c1ccccc1)OC2.CC1=NCC(=O)N2[C@@H](c3ccccc3)OC[C@@H]12.COC1=NC23Cc4ccccc4OC[C@@H]2CC12CO[C@H](c1ccccc1)N2C3=O. The molecule has 9 atom stereocenters. The summed E-state index contributed by atoms with van der Waals surface area (Å²) in [6.07, 6.45) is 7.54. The van der Waals surface area contributed by atoms with Gasteiger partial charge in [0.15, 0.2) is 36.7 Å². The molecule has 10 aliphatic rings. The molecular formula is C92H90N8O15. The van der Waals surface area contributed by atoms with E-state index in [1.54, 1.807) is 66.2 Å². The molecule has 23 heteroatoms. The first kappa shape index (κ1) is 79.0. The number of methoxy groups -OCH3 is 2. The summed E-state index contributed by atoms with van der Waals surface area (Å²) in [5, 5.41) is 0. The summed E-state index contributed by atoms with van der Waals surface area (Å²) in [6, 6.07) is 69.3. The molecule has 4 fully saturated rings. The Morgan fingerprint density at radius 3 is 1.70 bits per heavy atom. The molecule has 19 rings (SSSR count). The number of carbonyl (C=O) groups excluding carboxylic acids is 4. The molecule has 2 unspecified atom stereocenters. The molecule has 11 heterocycles. The molecule has 0 radical (unpaired) electrons. The molecule has 9 aromatic rings. The molecule has 115 heavy (non-hydrogen) atoms. The van der Waals surface area contributed by atoms with E-state index in [1.807, 2.05) is 224 Å². The van der Waals surface area contributed by atoms with Crippen molar-refractivity contribution in [3.63, 3.8) is 0 Å². The van der Waals surface area contributed by atoms with Crippen LogP contribution in [-0.2, 0) is 57.5 Å². The third kappa shape index (κ3) is 16.3. The van der Waals surface area contributed by atoms with Crippen LogP contribution in [0.4, 0.5) is 0 Å². The summed E-state index contributed by atoms with van der Waals surface area (Å²) >= 11 is 0. The lowest BCUT2D eigenvalue weighted by molar-refractivity contribution is -0.158. The van der Waals surface area contributed by atoms with Crippen molar-refractivity contribution in [2.24, 2.45) is 20.9 Å². The van der Waals surface area contributed by atoms with Crippen molar-refractivity contribution in [3.8, 4) is 28.9 Å². The van der Waals surface area contributed by atoms with Crippen LogP contribution in [-0.4, -0.2) is 156 Å². The van der Waals surface area contributed by atoms with E-state index in [9.17, 15) is 24.0 Å². The number of hydrogen-bond donors (Lipinski definition) is 0. The van der Waals surface area contributed by atoms with Gasteiger partial charge in [-0.1, -0.05) is 226 Å². The highest BCUT2D eigenvalue weighted by molar-refractivity contribution is 6.08. The Morgan fingerprint density at radius 1 is 0.557 bits per heavy atom. The number of para-hydroxylation sites is 4. The van der Waals surface area contributed by atoms with Crippen LogP contribution in [0.25, 0.3) is 6.08 Å². The Morgan fingerprint density at radius 2 is 1.09 bits per heavy atom. The van der Waals surface area contributed by atoms with Crippen LogP contribution >= 0.6 is 0 Å². The summed E-state index contributed by atoms with van der Waals surface area (Å²) < 4.78 is 59.5. The normalized spacial score (nSPS) is 23.1. The minimum atomic E-state index is -0.916. The molecule has 0 N–H and O–H groups in total. The van der Waals surface area contributed by atoms with Gasteiger partial charge in [-0.3, -0.25) is 48.3 Å². The highest BCUT2D eigenvalue weighted by atomic mass is 16.5. The van der Waals surface area contributed by atoms with Gasteiger partial charge in [-0.25, -0.2) is 9.98 Å². The van der Waals surface area contributed by atoms with Gasteiger partial charge < -0.3 is 52.3 Å². The lowest BCUT2D eigenvalue weighted by Crippen LogP contribution is -2.74. The van der Waals surface area contributed by atoms with Crippen LogP contribution in [0.5, 0.6) is 28.9 Å². The minimum Gasteiger partial charge on any atom is -0.493 e. The topological polar surface area (TPSA) is 242 Å². The maximum atomic E-state index is 14.1. The molecule has 10 aliphatic heterocycles. The van der Waals surface area contributed by atoms with E-state index in [2.05, 4.69) is 34.7 Å². The number of ether oxygens (including phenoxy) is 10. The van der Waals surface area contributed by atoms with E-state index in [0.29, 0.717) is 111 Å². The highest BCUT2D eigenvalue weighted by Gasteiger charge is 2.71. The zero-order valence-electron chi connectivity index (χ0n) is 64.5. The summed E-state index contributed by atoms with van der Waals surface area (Å²) in [5.41, 5.74) is 8.61. The number of benzene rings is 8. The van der Waals surface area contributed by atoms with Crippen molar-refractivity contribution in [1.82, 2.24) is 24.3 Å². The Kier molecular flexibility index (Phi) is 24.7. The van der Waals surface area contributed by atoms with Crippen LogP contribution in [0.2, 0.25) is 0 Å². The number of piperidine rings is 1. The van der Waals surface area contributed by atoms with Crippen molar-refractivity contribution in [2.75, 3.05) is 67.0 Å². The third-order valence-electron chi connectivity index (χ3n) is 21.3. The molecule has 4 saturated heterocycles. The fraction of sp³-hybridized carbons (Fsp3) is 0.272. The lowest BCUT2D eigenvalue weighted by atomic mass is 9.65. The molecule has 23 nitrogen and oxygen atoms in total. The minimum absolute atomic E-state index is 0.0150. The first-order chi connectivity index (χ1) is 56.2. The maximum Gasteiger partial charge on any atom is 0.275 e. The van der Waals surface area contributed by atoms with Crippen molar-refractivity contribution in [1.29, 1.82) is 0 Å². The number of aliphatic imine (C=N–C) groups is 3. The van der Waals surface area contributed by atoms with Crippen molar-refractivity contribution >= 4 is 47.4 Å². The van der Waals surface area contributed by atoms with Crippen LogP contribution < -0.4 is 29.2 Å². The van der Waals surface area contributed by atoms with E-state index in [1.165, 1.54) is 0 Å². The second-order valence-electron chi connectivity index (χ2n) is 28.3. The van der Waals surface area contributed by atoms with Gasteiger partial charge in [0.2, 0.25) is 17.7 Å². The Labute approximate surface area is 667 Å². The van der Waals surface area contributed by atoms with Crippen LogP contribution in [0.3, 0.4) is 0 Å². The molecule has 8 aromatic carbocycles. The van der Waals surface area contributed by atoms with Gasteiger partial charge in [0.25, 0.3) is 17.4 Å². The molecule has 2 bridgehead atoms. The largest absolute Gasteiger partial charge is 0.493 e. The number of carbonyl (C=O) groups is 4. The summed E-state index contributed by atoms with van der Waals surface area (Å²) in [7, 11) is 3.19. The molecule has 0 saturated carbocycles. The second kappa shape index (κ2) is 36.0. The average molecular weight is 1550 g/mol. The smallest absolute Gasteiger partial charge is 0.275 e. The monoisotopic (exact) mass is 1550 g/mol. The molecule has 0 aliphatic carbocycles. The summed E-state index contributed by atoms with van der Waals surface area (Å²) in [4.78, 5) is 86.9. The molecule has 3 amide bonds. The maximum absolute atomic E-state index is 14.1. The van der Waals surface area contributed by atoms with E-state index in [-0.39, 0.29) is 60.7 Å². The lowest BCUT2D eigenvalue weighted by Gasteiger charge is -2.55. The van der Waals surface area contributed by atoms with Gasteiger partial charge in [0.1, 0.15) is 72.0 Å². The molecular weight excluding hydrogens is 1460 g/mol. The number of nitrogens with zero attached hydrogens (tertiary/aromatic N) is 8. The molecule has 1 aromatic heterocycles. The summed E-state index contributed by atoms with van der Waals surface area (Å²) in [5.74, 6) is 3.75. The molecule has 588 valence electrons. The zero-order valence-corrected chi connectivity index (χ0v) is 64.5. The Bertz CT molecular complexity index is 5230. The van der Waals surface area contributed by atoms with Crippen LogP contribution in [0.15, 0.2) is 282 Å². The number of rotatable bonds is 18. The Balaban J connectivity index is 0.000000122. The van der Waals surface area contributed by atoms with Gasteiger partial charge in [-0.05, 0) is 62.2 Å². The number of aldehydes is 1. The standard InChI is InChI=1S/2C23H22N2O4.C23H22N2O3.C13H14N2O2.C10H10O2/c1-27-20-22-12-17-13-28-18-10-6-5-9-16(18)11-23(17,24-20)21(26)25(22)19(29-14-22)15-7-3-2-4-8-15;1-3-13-28-20-12-8-7-11-17(20)14-18-22(26)25-19(21(24-18)27-2)15-29-23(25)16-9-5-4-6-10-16;1-3-13-27-21-12-8-7-11-18(21)14-19-22(26)25-20(16(2)24-19)15-28-23(25)17-9-5-4-6-10-17;1-9-11-8-17-13(10-5-3-2-4-6-10)15(11)12(16)7-14-9;1-2-7-12-10-6-4-3-5-9(10)8-11/h2-10,17,19H,11-14H2,1H3;3-12,23H,1,13-15H2,2H3;3-12,14,20,23H,1,13,15H2,2H3;2-6,11,13H,7-8H2,1H3;2-6,8H,1,7H2/b;;19-14-;;/t17-,19+,22?,23?;23-;20-,23+;11-,13+;/m0100./s1. The van der Waals surface area contributed by atoms with Crippen molar-refractivity contribution in [3.05, 3.63) is 328 Å². The predicted octanol–water partition coefficient (Wildman–Crippen LogP) is 13.7. The quantitative estimate of drug-likeness (QED) is 0.0440. The number of fused-ring (bicyclic) bond motifs is 4. The first-order valence-corrected chi connectivity index (χ1v) is 38.1. The number of aromatic nitrogens is 2. The van der Waals surface area contributed by atoms with E-state index in [0.717, 1.165) is 68.8 Å². The van der Waals surface area contributed by atoms with Crippen LogP contribution in [0, 0.1) is 5.92 Å². The van der Waals surface area contributed by atoms with Gasteiger partial charge in [0, 0.05) is 63.6 Å². The van der Waals surface area contributed by atoms with Crippen molar-refractivity contribution in [2.45, 2.75) is 87.8 Å². The first-order valence-electron chi connectivity index (χ1n) is 38.1. The van der Waals surface area contributed by atoms with Crippen LogP contribution in [0.1, 0.15) is 106 Å². The number of hydrogen-bond acceptors (Lipinski definition) is 19. The summed E-state index contributed by atoms with van der Waals surface area (Å²) in [6.45, 7) is 18.3. The fourth-order valence-electron chi connectivity index (χ4n) is 15.7. The third-order valence-corrected chi connectivity index (χ3v) is 21.3. The highest BCUT2D eigenvalue weighted by Crippen LogP contribution is 2.56. The second-order valence-corrected chi connectivity index (χ2v) is 28.3. The van der Waals surface area contributed by atoms with E-state index < -0.39 is 29.8 Å².